The van der Waals surface area contributed by atoms with Crippen molar-refractivity contribution in [1.82, 2.24) is 43.6 Å². The topological polar surface area (TPSA) is 235 Å². The van der Waals surface area contributed by atoms with Crippen LogP contribution >= 0.6 is 0 Å². The Hall–Kier alpha value is -7.44. The number of benzene rings is 2. The van der Waals surface area contributed by atoms with Crippen molar-refractivity contribution in [3.05, 3.63) is 76.7 Å². The number of imidazole rings is 1. The third kappa shape index (κ3) is 9.35. The summed E-state index contributed by atoms with van der Waals surface area (Å²) in [5.41, 5.74) is 17.6. The highest BCUT2D eigenvalue weighted by atomic mass is 16.6. The van der Waals surface area contributed by atoms with Gasteiger partial charge in [-0.3, -0.25) is 29.1 Å². The fourth-order valence-corrected chi connectivity index (χ4v) is 8.70. The molecule has 2 aromatic carbocycles. The molecule has 0 saturated heterocycles. The minimum Gasteiger partial charge on any atom is -0.495 e. The van der Waals surface area contributed by atoms with Crippen LogP contribution in [0, 0.1) is 25.7 Å². The third-order valence-electron chi connectivity index (χ3n) is 12.0. The molecule has 19 nitrogen and oxygen atoms in total. The van der Waals surface area contributed by atoms with Gasteiger partial charge in [-0.25, -0.2) is 14.8 Å². The lowest BCUT2D eigenvalue weighted by Gasteiger charge is -2.24. The molecule has 352 valence electrons. The van der Waals surface area contributed by atoms with Crippen LogP contribution in [0.4, 0.5) is 10.7 Å². The zero-order valence-electron chi connectivity index (χ0n) is 39.5. The smallest absolute Gasteiger partial charge is 0.410 e. The first-order valence-corrected chi connectivity index (χ1v) is 22.5. The van der Waals surface area contributed by atoms with Crippen molar-refractivity contribution in [2.24, 2.45) is 23.3 Å². The number of pyridine rings is 1. The molecule has 1 saturated carbocycles. The number of carbonyl (C=O) groups excluding carboxylic acids is 4. The Morgan fingerprint density at radius 3 is 2.15 bits per heavy atom. The quantitative estimate of drug-likeness (QED) is 0.0815. The number of carbonyl (C=O) groups is 4. The zero-order valence-corrected chi connectivity index (χ0v) is 39.5. The Balaban J connectivity index is 1.17. The first kappa shape index (κ1) is 46.1. The lowest BCUT2D eigenvalue weighted by molar-refractivity contribution is 0.0291. The molecule has 5 N–H and O–H groups in total. The molecule has 1 aliphatic rings. The van der Waals surface area contributed by atoms with Crippen molar-refractivity contribution < 1.29 is 33.4 Å². The molecule has 7 aromatic rings. The summed E-state index contributed by atoms with van der Waals surface area (Å²) in [5, 5.41) is 13.8. The highest BCUT2D eigenvalue weighted by Crippen LogP contribution is 2.46. The summed E-state index contributed by atoms with van der Waals surface area (Å²) in [7, 11) is 3.23. The van der Waals surface area contributed by atoms with Crippen molar-refractivity contribution >= 4 is 62.7 Å². The lowest BCUT2D eigenvalue weighted by atomic mass is 10.1. The van der Waals surface area contributed by atoms with E-state index in [-0.39, 0.29) is 30.0 Å². The Kier molecular flexibility index (Phi) is 12.4. The Bertz CT molecular complexity index is 3080. The summed E-state index contributed by atoms with van der Waals surface area (Å²) in [6.45, 7) is 15.8. The number of ether oxygens (including phenoxy) is 3. The number of rotatable bonds is 17. The molecule has 4 amide bonds. The highest BCUT2D eigenvalue weighted by molar-refractivity contribution is 6.12. The maximum absolute atomic E-state index is 14.0. The standard InChI is InChI=1S/C48H58N12O7/c1-10-59-36(17-26(3)54-59)34-14-13-32-33-20-28(42(49)61)22-38(65-9)40(33)57(44(32)51-34)24-30-19-31(30)25-58-41-35(52-46(58)53-45(63)37-18-27(4)55-60(37)11-2)21-29(43(50)62)23-39(41)66-16-12-15-56(8)47(64)67-48(5,6)7/h13-14,17-18,20-23,30-31H,10-12,15-16,19,24-25H2,1-9H3,(H2,49,61)(H2,50,62)(H,52,53,63)/t30-,31?/m0/s1. The molecule has 8 rings (SSSR count). The molecule has 0 spiro atoms. The molecule has 2 atom stereocenters. The van der Waals surface area contributed by atoms with E-state index in [1.807, 2.05) is 75.9 Å². The Labute approximate surface area is 387 Å². The van der Waals surface area contributed by atoms with Gasteiger partial charge in [0.05, 0.1) is 47.5 Å². The van der Waals surface area contributed by atoms with Crippen molar-refractivity contribution in [2.75, 3.05) is 32.6 Å². The van der Waals surface area contributed by atoms with Crippen molar-refractivity contribution in [2.45, 2.75) is 93.1 Å². The van der Waals surface area contributed by atoms with Gasteiger partial charge >= 0.3 is 6.09 Å². The van der Waals surface area contributed by atoms with E-state index in [4.69, 9.17) is 35.6 Å². The molecule has 1 fully saturated rings. The number of primary amides is 2. The van der Waals surface area contributed by atoms with Gasteiger partial charge in [0.2, 0.25) is 17.8 Å². The number of nitrogens with zero attached hydrogens (tertiary/aromatic N) is 9. The van der Waals surface area contributed by atoms with Crippen LogP contribution in [0.3, 0.4) is 0 Å². The summed E-state index contributed by atoms with van der Waals surface area (Å²) < 4.78 is 25.5. The number of aromatic nitrogens is 8. The summed E-state index contributed by atoms with van der Waals surface area (Å²) >= 11 is 0. The van der Waals surface area contributed by atoms with Crippen molar-refractivity contribution in [3.63, 3.8) is 0 Å². The predicted molar refractivity (Wildman–Crippen MR) is 253 cm³/mol. The van der Waals surface area contributed by atoms with E-state index in [0.717, 1.165) is 45.4 Å². The summed E-state index contributed by atoms with van der Waals surface area (Å²) in [6, 6.07) is 14.4. The normalized spacial score (nSPS) is 14.8. The first-order chi connectivity index (χ1) is 31.9. The average molecular weight is 915 g/mol. The molecule has 1 aliphatic carbocycles. The SMILES string of the molecule is CCn1nc(C)cc1C(=O)Nc1nc2cc(C(N)=O)cc(OCCCN(C)C(=O)OC(C)(C)C)c2n1CC1C[C@H]1Cn1c2nc(-c3cc(C)nn3CC)ccc2c2cc(C(N)=O)cc(OC)c21. The molecule has 1 unspecified atom stereocenters. The molecule has 5 aromatic heterocycles. The second-order valence-electron chi connectivity index (χ2n) is 18.2. The number of methoxy groups -OCH3 is 1. The number of fused-ring (bicyclic) bond motifs is 4. The number of nitrogens with one attached hydrogen (secondary N) is 1. The fraction of sp³-hybridized carbons (Fsp3) is 0.417. The number of hydrogen-bond donors (Lipinski definition) is 3. The van der Waals surface area contributed by atoms with E-state index in [2.05, 4.69) is 20.1 Å². The summed E-state index contributed by atoms with van der Waals surface area (Å²) in [4.78, 5) is 63.5. The van der Waals surface area contributed by atoms with Crippen LogP contribution in [0.25, 0.3) is 44.4 Å². The number of anilines is 1. The van der Waals surface area contributed by atoms with Gasteiger partial charge in [-0.1, -0.05) is 0 Å². The maximum Gasteiger partial charge on any atom is 0.410 e. The summed E-state index contributed by atoms with van der Waals surface area (Å²) in [5.74, 6) is -0.334. The van der Waals surface area contributed by atoms with Crippen molar-refractivity contribution in [1.29, 1.82) is 0 Å². The minimum atomic E-state index is -0.670. The van der Waals surface area contributed by atoms with Crippen LogP contribution in [-0.2, 0) is 30.9 Å². The van der Waals surface area contributed by atoms with E-state index in [0.29, 0.717) is 78.6 Å². The van der Waals surface area contributed by atoms with Crippen LogP contribution in [0.5, 0.6) is 11.5 Å². The maximum atomic E-state index is 14.0. The average Bonchev–Trinajstić information content (AvgIpc) is 3.53. The second-order valence-corrected chi connectivity index (χ2v) is 18.2. The van der Waals surface area contributed by atoms with Gasteiger partial charge in [0.15, 0.2) is 0 Å². The number of nitrogens with two attached hydrogens (primary N) is 2. The minimum absolute atomic E-state index is 0.0818. The van der Waals surface area contributed by atoms with Crippen molar-refractivity contribution in [3.8, 4) is 22.9 Å². The number of aryl methyl sites for hydroxylation is 4. The van der Waals surface area contributed by atoms with Crippen LogP contribution in [0.2, 0.25) is 0 Å². The van der Waals surface area contributed by atoms with E-state index in [1.165, 1.54) is 4.90 Å². The fourth-order valence-electron chi connectivity index (χ4n) is 8.70. The largest absolute Gasteiger partial charge is 0.495 e. The van der Waals surface area contributed by atoms with E-state index < -0.39 is 29.4 Å². The zero-order chi connectivity index (χ0) is 48.1. The predicted octanol–water partition coefficient (Wildman–Crippen LogP) is 6.69. The Morgan fingerprint density at radius 1 is 0.821 bits per heavy atom. The van der Waals surface area contributed by atoms with E-state index in [1.54, 1.807) is 49.2 Å². The summed E-state index contributed by atoms with van der Waals surface area (Å²) in [6.07, 6.45) is 0.805. The molecular formula is C48H58N12O7. The Morgan fingerprint density at radius 2 is 1.48 bits per heavy atom. The number of hydrogen-bond acceptors (Lipinski definition) is 11. The van der Waals surface area contributed by atoms with Crippen LogP contribution < -0.4 is 26.3 Å². The lowest BCUT2D eigenvalue weighted by Crippen LogP contribution is -2.35. The monoisotopic (exact) mass is 914 g/mol. The molecule has 0 aliphatic heterocycles. The van der Waals surface area contributed by atoms with E-state index >= 15 is 0 Å². The van der Waals surface area contributed by atoms with Gasteiger partial charge in [0.1, 0.15) is 34.0 Å². The third-order valence-corrected chi connectivity index (χ3v) is 12.0. The van der Waals surface area contributed by atoms with Gasteiger partial charge in [-0.2, -0.15) is 10.2 Å². The second kappa shape index (κ2) is 18.1. The van der Waals surface area contributed by atoms with Gasteiger partial charge in [0.25, 0.3) is 5.91 Å². The van der Waals surface area contributed by atoms with E-state index in [9.17, 15) is 19.2 Å². The van der Waals surface area contributed by atoms with Gasteiger partial charge < -0.3 is 39.7 Å². The molecule has 5 heterocycles. The first-order valence-electron chi connectivity index (χ1n) is 22.5. The van der Waals surface area contributed by atoms with Gasteiger partial charge in [0, 0.05) is 61.7 Å². The highest BCUT2D eigenvalue weighted by Gasteiger charge is 2.40. The van der Waals surface area contributed by atoms with Crippen LogP contribution in [-0.4, -0.2) is 100 Å². The molecule has 19 heteroatoms. The molecule has 0 bridgehead atoms. The molecule has 67 heavy (non-hydrogen) atoms. The van der Waals surface area contributed by atoms with Crippen LogP contribution in [0.15, 0.2) is 48.5 Å². The van der Waals surface area contributed by atoms with Gasteiger partial charge in [-0.15, -0.1) is 0 Å². The molecule has 0 radical (unpaired) electrons. The van der Waals surface area contributed by atoms with Crippen LogP contribution in [0.1, 0.15) is 90.1 Å². The number of amides is 4. The van der Waals surface area contributed by atoms with Gasteiger partial charge in [-0.05, 0) is 122 Å². The molecular weight excluding hydrogens is 857 g/mol.